The molecule has 0 saturated heterocycles. The van der Waals surface area contributed by atoms with Crippen molar-refractivity contribution in [1.82, 2.24) is 29.3 Å². The molecule has 2 N–H and O–H groups in total. The van der Waals surface area contributed by atoms with Crippen LogP contribution in [0.3, 0.4) is 0 Å². The van der Waals surface area contributed by atoms with E-state index >= 15 is 0 Å². The Balaban J connectivity index is 1.53. The summed E-state index contributed by atoms with van der Waals surface area (Å²) in [7, 11) is 1.79. The van der Waals surface area contributed by atoms with Crippen LogP contribution in [0.2, 0.25) is 0 Å². The number of aromatic nitrogens is 6. The number of rotatable bonds is 8. The van der Waals surface area contributed by atoms with E-state index in [9.17, 15) is 9.59 Å². The third-order valence-corrected chi connectivity index (χ3v) is 6.84. The second kappa shape index (κ2) is 9.06. The maximum atomic E-state index is 12.4. The predicted molar refractivity (Wildman–Crippen MR) is 124 cm³/mol. The Kier molecular flexibility index (Phi) is 6.23. The summed E-state index contributed by atoms with van der Waals surface area (Å²) in [4.78, 5) is 31.6. The van der Waals surface area contributed by atoms with E-state index in [1.165, 1.54) is 28.7 Å². The van der Waals surface area contributed by atoms with Crippen molar-refractivity contribution in [3.8, 4) is 0 Å². The van der Waals surface area contributed by atoms with Crippen LogP contribution in [0.15, 0.2) is 38.2 Å². The largest absolute Gasteiger partial charge is 0.330 e. The number of benzene rings is 1. The molecule has 3 aromatic heterocycles. The molecule has 0 saturated carbocycles. The van der Waals surface area contributed by atoms with E-state index in [-0.39, 0.29) is 0 Å². The number of nitrogens with one attached hydrogen (secondary N) is 2. The van der Waals surface area contributed by atoms with E-state index in [0.717, 1.165) is 22.9 Å². The van der Waals surface area contributed by atoms with Gasteiger partial charge in [0.15, 0.2) is 15.5 Å². The van der Waals surface area contributed by atoms with Gasteiger partial charge in [-0.3, -0.25) is 14.3 Å². The third-order valence-electron chi connectivity index (χ3n) is 4.88. The van der Waals surface area contributed by atoms with E-state index in [4.69, 9.17) is 0 Å². The monoisotopic (exact) mass is 457 g/mol. The van der Waals surface area contributed by atoms with Gasteiger partial charge in [0.1, 0.15) is 5.82 Å². The van der Waals surface area contributed by atoms with Gasteiger partial charge in [0.25, 0.3) is 5.56 Å². The molecule has 0 aliphatic carbocycles. The number of hydrogen-bond acceptors (Lipinski definition) is 8. The predicted octanol–water partition coefficient (Wildman–Crippen LogP) is 3.42. The van der Waals surface area contributed by atoms with Gasteiger partial charge in [-0.25, -0.2) is 9.78 Å². The lowest BCUT2D eigenvalue weighted by atomic mass is 10.2. The molecule has 0 fully saturated rings. The Labute approximate surface area is 186 Å². The van der Waals surface area contributed by atoms with Crippen LogP contribution in [0.1, 0.15) is 31.2 Å². The van der Waals surface area contributed by atoms with Gasteiger partial charge in [-0.1, -0.05) is 54.1 Å². The Bertz CT molecular complexity index is 1320. The molecule has 162 valence electrons. The Morgan fingerprint density at radius 2 is 1.97 bits per heavy atom. The Morgan fingerprint density at radius 3 is 2.71 bits per heavy atom. The summed E-state index contributed by atoms with van der Waals surface area (Å²) in [6.45, 7) is 4.62. The second-order valence-corrected chi connectivity index (χ2v) is 9.38. The second-order valence-electron chi connectivity index (χ2n) is 7.18. The molecule has 0 bridgehead atoms. The summed E-state index contributed by atoms with van der Waals surface area (Å²) in [6, 6.07) is 8.07. The Hall–Kier alpha value is -2.92. The van der Waals surface area contributed by atoms with Gasteiger partial charge < -0.3 is 9.88 Å². The Morgan fingerprint density at radius 1 is 1.19 bits per heavy atom. The minimum absolute atomic E-state index is 0.408. The number of imidazole rings is 1. The average molecular weight is 458 g/mol. The highest BCUT2D eigenvalue weighted by molar-refractivity contribution is 8.00. The fourth-order valence-electron chi connectivity index (χ4n) is 3.15. The van der Waals surface area contributed by atoms with Gasteiger partial charge in [0, 0.05) is 19.3 Å². The first-order valence-corrected chi connectivity index (χ1v) is 11.7. The maximum Gasteiger partial charge on any atom is 0.330 e. The lowest BCUT2D eigenvalue weighted by Crippen LogP contribution is -2.31. The van der Waals surface area contributed by atoms with E-state index in [2.05, 4.69) is 32.4 Å². The van der Waals surface area contributed by atoms with Crippen molar-refractivity contribution in [1.29, 1.82) is 0 Å². The first-order valence-electron chi connectivity index (χ1n) is 9.94. The molecule has 0 unspecified atom stereocenters. The normalized spacial score (nSPS) is 11.3. The highest BCUT2D eigenvalue weighted by atomic mass is 32.2. The van der Waals surface area contributed by atoms with Crippen LogP contribution in [-0.2, 0) is 19.3 Å². The van der Waals surface area contributed by atoms with Gasteiger partial charge in [-0.15, -0.1) is 10.2 Å². The molecule has 0 radical (unpaired) electrons. The van der Waals surface area contributed by atoms with Gasteiger partial charge in [-0.05, 0) is 25.5 Å². The van der Waals surface area contributed by atoms with Crippen molar-refractivity contribution in [2.24, 2.45) is 7.05 Å². The van der Waals surface area contributed by atoms with E-state index < -0.39 is 11.2 Å². The van der Waals surface area contributed by atoms with Crippen molar-refractivity contribution in [2.75, 3.05) is 5.32 Å². The van der Waals surface area contributed by atoms with Crippen molar-refractivity contribution >= 4 is 45.1 Å². The molecular weight excluding hydrogens is 434 g/mol. The number of unbranched alkanes of at least 4 members (excludes halogenated alkanes) is 1. The van der Waals surface area contributed by atoms with Crippen LogP contribution in [-0.4, -0.2) is 29.3 Å². The number of aryl methyl sites for hydroxylation is 3. The first-order chi connectivity index (χ1) is 15.0. The van der Waals surface area contributed by atoms with Crippen molar-refractivity contribution in [2.45, 2.75) is 43.3 Å². The van der Waals surface area contributed by atoms with Gasteiger partial charge >= 0.3 is 5.69 Å². The maximum absolute atomic E-state index is 12.4. The third kappa shape index (κ3) is 4.57. The van der Waals surface area contributed by atoms with Crippen LogP contribution in [0, 0.1) is 6.92 Å². The number of hydrogen-bond donors (Lipinski definition) is 2. The summed E-state index contributed by atoms with van der Waals surface area (Å²) in [5.41, 5.74) is 2.15. The highest BCUT2D eigenvalue weighted by Crippen LogP contribution is 2.30. The summed E-state index contributed by atoms with van der Waals surface area (Å²) in [5.74, 6) is 1.20. The highest BCUT2D eigenvalue weighted by Gasteiger charge is 2.17. The molecule has 4 aromatic rings. The SMILES string of the molecule is CCCCn1c(=O)[nH]c(=O)c2c1nc(CSc1nnc(Nc3ccc(C)cc3)s1)n2C. The van der Waals surface area contributed by atoms with Crippen LogP contribution >= 0.6 is 23.1 Å². The number of aromatic amines is 1. The van der Waals surface area contributed by atoms with E-state index in [0.29, 0.717) is 34.4 Å². The van der Waals surface area contributed by atoms with Crippen LogP contribution in [0.5, 0.6) is 0 Å². The molecule has 4 rings (SSSR count). The topological polar surface area (TPSA) is 110 Å². The number of H-pyrrole nitrogens is 1. The molecule has 3 heterocycles. The molecule has 0 amide bonds. The lowest BCUT2D eigenvalue weighted by molar-refractivity contribution is 0.613. The standard InChI is InChI=1S/C20H23N7O2S2/c1-4-5-10-27-16-15(17(28)23-19(27)29)26(3)14(22-16)11-30-20-25-24-18(31-20)21-13-8-6-12(2)7-9-13/h6-9H,4-5,10-11H2,1-3H3,(H,21,24)(H,23,28,29). The average Bonchev–Trinajstić information content (AvgIpc) is 3.32. The summed E-state index contributed by atoms with van der Waals surface area (Å²) in [6.07, 6.45) is 1.78. The summed E-state index contributed by atoms with van der Waals surface area (Å²) < 4.78 is 4.08. The molecule has 31 heavy (non-hydrogen) atoms. The summed E-state index contributed by atoms with van der Waals surface area (Å²) in [5, 5.41) is 12.4. The van der Waals surface area contributed by atoms with Crippen molar-refractivity contribution < 1.29 is 0 Å². The van der Waals surface area contributed by atoms with Crippen LogP contribution in [0.4, 0.5) is 10.8 Å². The fourth-order valence-corrected chi connectivity index (χ4v) is 4.91. The fraction of sp³-hybridized carbons (Fsp3) is 0.350. The quantitative estimate of drug-likeness (QED) is 0.390. The van der Waals surface area contributed by atoms with Gasteiger partial charge in [-0.2, -0.15) is 0 Å². The number of nitrogens with zero attached hydrogens (tertiary/aromatic N) is 5. The minimum Gasteiger partial charge on any atom is -0.330 e. The molecule has 0 aliphatic heterocycles. The lowest BCUT2D eigenvalue weighted by Gasteiger charge is -2.04. The zero-order valence-electron chi connectivity index (χ0n) is 17.5. The number of thioether (sulfide) groups is 1. The van der Waals surface area contributed by atoms with Crippen LogP contribution in [0.25, 0.3) is 11.2 Å². The zero-order valence-corrected chi connectivity index (χ0v) is 19.1. The van der Waals surface area contributed by atoms with Crippen molar-refractivity contribution in [3.63, 3.8) is 0 Å². The molecule has 0 aliphatic rings. The van der Waals surface area contributed by atoms with E-state index in [1.807, 2.05) is 31.2 Å². The summed E-state index contributed by atoms with van der Waals surface area (Å²) >= 11 is 2.95. The number of anilines is 2. The zero-order chi connectivity index (χ0) is 22.0. The van der Waals surface area contributed by atoms with E-state index in [1.54, 1.807) is 16.2 Å². The first kappa shape index (κ1) is 21.3. The van der Waals surface area contributed by atoms with Gasteiger partial charge in [0.05, 0.1) is 5.75 Å². The molecule has 0 atom stereocenters. The molecular formula is C20H23N7O2S2. The number of fused-ring (bicyclic) bond motifs is 1. The van der Waals surface area contributed by atoms with Crippen LogP contribution < -0.4 is 16.6 Å². The smallest absolute Gasteiger partial charge is 0.330 e. The molecule has 1 aromatic carbocycles. The van der Waals surface area contributed by atoms with Gasteiger partial charge in [0.2, 0.25) is 5.13 Å². The molecule has 9 nitrogen and oxygen atoms in total. The minimum atomic E-state index is -0.417. The van der Waals surface area contributed by atoms with Crippen molar-refractivity contribution in [3.05, 3.63) is 56.5 Å². The molecule has 11 heteroatoms. The molecule has 0 spiro atoms.